The van der Waals surface area contributed by atoms with Crippen LogP contribution in [0.5, 0.6) is 0 Å². The third-order valence-electron chi connectivity index (χ3n) is 8.00. The fourth-order valence-corrected chi connectivity index (χ4v) is 6.36. The predicted molar refractivity (Wildman–Crippen MR) is 134 cm³/mol. The maximum Gasteiger partial charge on any atom is 0.259 e. The van der Waals surface area contributed by atoms with Crippen LogP contribution in [0.3, 0.4) is 0 Å². The lowest BCUT2D eigenvalue weighted by Crippen LogP contribution is -2.25. The van der Waals surface area contributed by atoms with E-state index in [0.717, 1.165) is 56.9 Å². The van der Waals surface area contributed by atoms with Crippen LogP contribution in [0.15, 0.2) is 30.3 Å². The van der Waals surface area contributed by atoms with Gasteiger partial charge in [0.15, 0.2) is 0 Å². The number of benzene rings is 3. The maximum atomic E-state index is 15.0. The first-order chi connectivity index (χ1) is 16.8. The summed E-state index contributed by atoms with van der Waals surface area (Å²) in [5, 5.41) is 14.8. The minimum atomic E-state index is -0.439. The smallest absolute Gasteiger partial charge is 0.259 e. The third-order valence-corrected chi connectivity index (χ3v) is 8.00. The van der Waals surface area contributed by atoms with Crippen LogP contribution in [0.1, 0.15) is 58.5 Å². The van der Waals surface area contributed by atoms with E-state index in [-0.39, 0.29) is 17.8 Å². The number of amides is 2. The van der Waals surface area contributed by atoms with E-state index in [1.165, 1.54) is 6.07 Å². The Morgan fingerprint density at radius 3 is 2.57 bits per heavy atom. The Bertz CT molecular complexity index is 1790. The molecular weight excluding hydrogens is 445 g/mol. The standard InChI is InChI=1S/C28H24FN3O3/c1-28(2)8-9-32-24-16(11-14(29)12-17(24)28)19-21-20(26(34)31-27(21)35)18-15-7-3-5-13(6-4-10-33)22(15)30-23(18)25(19)32/h3,5,7,11-12,30,33H,4,6,8-10H2,1-2H3,(H,31,34,35). The Morgan fingerprint density at radius 1 is 1.03 bits per heavy atom. The molecule has 0 fully saturated rings. The van der Waals surface area contributed by atoms with E-state index in [1.54, 1.807) is 6.07 Å². The lowest BCUT2D eigenvalue weighted by atomic mass is 9.78. The molecule has 4 heterocycles. The van der Waals surface area contributed by atoms with Crippen LogP contribution in [0.4, 0.5) is 4.39 Å². The number of para-hydroxylation sites is 1. The van der Waals surface area contributed by atoms with Gasteiger partial charge in [-0.3, -0.25) is 14.9 Å². The quantitative estimate of drug-likeness (QED) is 0.323. The number of nitrogens with zero attached hydrogens (tertiary/aromatic N) is 1. The van der Waals surface area contributed by atoms with Crippen LogP contribution in [0.25, 0.3) is 43.6 Å². The first-order valence-electron chi connectivity index (χ1n) is 12.0. The van der Waals surface area contributed by atoms with Gasteiger partial charge in [-0.15, -0.1) is 0 Å². The monoisotopic (exact) mass is 469 g/mol. The number of hydrogen-bond donors (Lipinski definition) is 3. The van der Waals surface area contributed by atoms with Crippen molar-refractivity contribution in [3.05, 3.63) is 58.4 Å². The van der Waals surface area contributed by atoms with Crippen molar-refractivity contribution in [1.29, 1.82) is 0 Å². The number of H-pyrrole nitrogens is 1. The molecule has 0 aliphatic carbocycles. The number of halogens is 1. The van der Waals surface area contributed by atoms with Gasteiger partial charge >= 0.3 is 0 Å². The zero-order valence-corrected chi connectivity index (χ0v) is 19.5. The number of nitrogens with one attached hydrogen (secondary N) is 2. The summed E-state index contributed by atoms with van der Waals surface area (Å²) in [6.45, 7) is 5.05. The van der Waals surface area contributed by atoms with E-state index in [4.69, 9.17) is 0 Å². The molecule has 0 bridgehead atoms. The lowest BCUT2D eigenvalue weighted by molar-refractivity contribution is 0.0880. The summed E-state index contributed by atoms with van der Waals surface area (Å²) >= 11 is 0. The highest BCUT2D eigenvalue weighted by atomic mass is 19.1. The third kappa shape index (κ3) is 2.51. The average molecular weight is 470 g/mol. The van der Waals surface area contributed by atoms with E-state index in [0.29, 0.717) is 34.7 Å². The van der Waals surface area contributed by atoms with Gasteiger partial charge in [0.2, 0.25) is 0 Å². The molecule has 0 saturated heterocycles. The van der Waals surface area contributed by atoms with E-state index in [9.17, 15) is 19.1 Å². The Hall–Kier alpha value is -3.71. The molecule has 0 spiro atoms. The summed E-state index contributed by atoms with van der Waals surface area (Å²) in [4.78, 5) is 29.9. The van der Waals surface area contributed by atoms with Crippen molar-refractivity contribution in [1.82, 2.24) is 14.9 Å². The number of aromatic amines is 1. The van der Waals surface area contributed by atoms with Crippen molar-refractivity contribution in [3.63, 3.8) is 0 Å². The van der Waals surface area contributed by atoms with Gasteiger partial charge in [-0.2, -0.15) is 0 Å². The molecule has 35 heavy (non-hydrogen) atoms. The second kappa shape index (κ2) is 6.70. The number of aromatic nitrogens is 2. The topological polar surface area (TPSA) is 87.1 Å². The van der Waals surface area contributed by atoms with Gasteiger partial charge in [0.25, 0.3) is 11.8 Å². The number of aryl methyl sites for hydroxylation is 2. The predicted octanol–water partition coefficient (Wildman–Crippen LogP) is 5.06. The van der Waals surface area contributed by atoms with Crippen LogP contribution in [0.2, 0.25) is 0 Å². The number of imide groups is 1. The molecule has 7 rings (SSSR count). The number of fused-ring (bicyclic) bond motifs is 10. The van der Waals surface area contributed by atoms with Crippen molar-refractivity contribution in [2.75, 3.05) is 6.61 Å². The average Bonchev–Trinajstić information content (AvgIpc) is 3.45. The van der Waals surface area contributed by atoms with Crippen molar-refractivity contribution in [2.45, 2.75) is 45.1 Å². The minimum Gasteiger partial charge on any atom is -0.396 e. The second-order valence-corrected chi connectivity index (χ2v) is 10.4. The molecule has 2 aromatic heterocycles. The van der Waals surface area contributed by atoms with Crippen LogP contribution in [-0.2, 0) is 18.4 Å². The molecule has 2 amide bonds. The van der Waals surface area contributed by atoms with Crippen molar-refractivity contribution < 1.29 is 19.1 Å². The molecule has 0 saturated carbocycles. The zero-order valence-electron chi connectivity index (χ0n) is 19.5. The van der Waals surface area contributed by atoms with Gasteiger partial charge in [0.1, 0.15) is 5.82 Å². The Balaban J connectivity index is 1.77. The number of hydrogen-bond acceptors (Lipinski definition) is 3. The van der Waals surface area contributed by atoms with Gasteiger partial charge in [-0.25, -0.2) is 4.39 Å². The molecule has 6 nitrogen and oxygen atoms in total. The van der Waals surface area contributed by atoms with E-state index in [1.807, 2.05) is 18.2 Å². The summed E-state index contributed by atoms with van der Waals surface area (Å²) in [5.74, 6) is -1.21. The van der Waals surface area contributed by atoms with E-state index >= 15 is 0 Å². The van der Waals surface area contributed by atoms with Gasteiger partial charge in [0, 0.05) is 40.2 Å². The Labute approximate surface area is 199 Å². The molecule has 7 heteroatoms. The summed E-state index contributed by atoms with van der Waals surface area (Å²) in [6.07, 6.45) is 2.14. The molecule has 176 valence electrons. The van der Waals surface area contributed by atoms with Crippen molar-refractivity contribution in [2.24, 2.45) is 0 Å². The Morgan fingerprint density at radius 2 is 1.80 bits per heavy atom. The largest absolute Gasteiger partial charge is 0.396 e. The van der Waals surface area contributed by atoms with Crippen LogP contribution >= 0.6 is 0 Å². The first-order valence-corrected chi connectivity index (χ1v) is 12.0. The van der Waals surface area contributed by atoms with E-state index < -0.39 is 11.8 Å². The van der Waals surface area contributed by atoms with Crippen LogP contribution in [0, 0.1) is 5.82 Å². The fraction of sp³-hybridized carbons (Fsp3) is 0.286. The van der Waals surface area contributed by atoms with E-state index in [2.05, 4.69) is 28.7 Å². The number of carbonyl (C=O) groups is 2. The summed E-state index contributed by atoms with van der Waals surface area (Å²) in [6, 6.07) is 9.03. The lowest BCUT2D eigenvalue weighted by Gasteiger charge is -2.32. The fourth-order valence-electron chi connectivity index (χ4n) is 6.36. The molecule has 5 aromatic rings. The molecule has 0 radical (unpaired) electrons. The SMILES string of the molecule is CC1(C)CCn2c3c1cc(F)cc3c1c3c(c4c5cccc(CCCO)c5[nH]c4c12)C(=O)NC3=O. The van der Waals surface area contributed by atoms with Crippen molar-refractivity contribution >= 4 is 55.4 Å². The normalized spacial score (nSPS) is 16.7. The summed E-state index contributed by atoms with van der Waals surface area (Å²) < 4.78 is 17.2. The maximum absolute atomic E-state index is 15.0. The molecule has 2 aliphatic heterocycles. The van der Waals surface area contributed by atoms with Gasteiger partial charge in [0.05, 0.1) is 27.7 Å². The highest BCUT2D eigenvalue weighted by Crippen LogP contribution is 2.48. The minimum absolute atomic E-state index is 0.0888. The van der Waals surface area contributed by atoms with Gasteiger partial charge < -0.3 is 14.7 Å². The first kappa shape index (κ1) is 20.6. The molecule has 3 aromatic carbocycles. The number of carbonyl (C=O) groups excluding carboxylic acids is 2. The number of aliphatic hydroxyl groups excluding tert-OH is 1. The highest BCUT2D eigenvalue weighted by Gasteiger charge is 2.38. The zero-order chi connectivity index (χ0) is 24.2. The van der Waals surface area contributed by atoms with Gasteiger partial charge in [-0.05, 0) is 47.9 Å². The molecule has 2 aliphatic rings. The summed E-state index contributed by atoms with van der Waals surface area (Å²) in [5.41, 5.74) is 5.89. The highest BCUT2D eigenvalue weighted by molar-refractivity contribution is 6.39. The van der Waals surface area contributed by atoms with Crippen LogP contribution < -0.4 is 5.32 Å². The molecule has 3 N–H and O–H groups in total. The second-order valence-electron chi connectivity index (χ2n) is 10.4. The number of rotatable bonds is 3. The molecular formula is C28H24FN3O3. The Kier molecular flexibility index (Phi) is 3.95. The van der Waals surface area contributed by atoms with Crippen molar-refractivity contribution in [3.8, 4) is 0 Å². The van der Waals surface area contributed by atoms with Gasteiger partial charge in [-0.1, -0.05) is 32.0 Å². The van der Waals surface area contributed by atoms with Crippen LogP contribution in [-0.4, -0.2) is 33.1 Å². The molecule has 0 atom stereocenters. The summed E-state index contributed by atoms with van der Waals surface area (Å²) in [7, 11) is 0. The number of aliphatic hydroxyl groups is 1. The molecule has 0 unspecified atom stereocenters.